The van der Waals surface area contributed by atoms with Crippen LogP contribution in [0.2, 0.25) is 0 Å². The SMILES string of the molecule is C[C@@H]([NH2+]CC(=O)N[C@H]1CCCc2ccccc21)c1ccc(F)c(F)c1. The lowest BCUT2D eigenvalue weighted by Gasteiger charge is -2.26. The number of rotatable bonds is 5. The summed E-state index contributed by atoms with van der Waals surface area (Å²) in [4.78, 5) is 12.3. The Kier molecular flexibility index (Phi) is 5.43. The molecule has 0 radical (unpaired) electrons. The van der Waals surface area contributed by atoms with Gasteiger partial charge in [-0.2, -0.15) is 0 Å². The molecule has 0 spiro atoms. The zero-order valence-electron chi connectivity index (χ0n) is 14.3. The molecule has 0 aromatic heterocycles. The second kappa shape index (κ2) is 7.74. The molecular weight excluding hydrogens is 322 g/mol. The van der Waals surface area contributed by atoms with Crippen LogP contribution in [0.25, 0.3) is 0 Å². The Hall–Kier alpha value is -2.27. The summed E-state index contributed by atoms with van der Waals surface area (Å²) in [6.07, 6.45) is 3.07. The first-order chi connectivity index (χ1) is 12.0. The number of amides is 1. The number of aryl methyl sites for hydroxylation is 1. The van der Waals surface area contributed by atoms with Gasteiger partial charge in [-0.1, -0.05) is 24.3 Å². The molecule has 2 aromatic rings. The summed E-state index contributed by atoms with van der Waals surface area (Å²) >= 11 is 0. The molecule has 0 fully saturated rings. The lowest BCUT2D eigenvalue weighted by molar-refractivity contribution is -0.682. The van der Waals surface area contributed by atoms with Gasteiger partial charge in [-0.25, -0.2) is 8.78 Å². The van der Waals surface area contributed by atoms with Crippen molar-refractivity contribution in [1.82, 2.24) is 5.32 Å². The molecule has 3 nitrogen and oxygen atoms in total. The zero-order valence-corrected chi connectivity index (χ0v) is 14.3. The molecule has 1 amide bonds. The average molecular weight is 345 g/mol. The van der Waals surface area contributed by atoms with Crippen molar-refractivity contribution in [3.05, 3.63) is 70.8 Å². The van der Waals surface area contributed by atoms with Crippen molar-refractivity contribution < 1.29 is 18.9 Å². The van der Waals surface area contributed by atoms with E-state index in [1.807, 2.05) is 24.4 Å². The molecule has 5 heteroatoms. The number of carbonyl (C=O) groups is 1. The van der Waals surface area contributed by atoms with E-state index in [2.05, 4.69) is 17.4 Å². The molecule has 0 saturated heterocycles. The maximum atomic E-state index is 13.3. The largest absolute Gasteiger partial charge is 0.344 e. The smallest absolute Gasteiger partial charge is 0.275 e. The molecule has 3 rings (SSSR count). The van der Waals surface area contributed by atoms with Crippen LogP contribution in [0.1, 0.15) is 48.5 Å². The topological polar surface area (TPSA) is 45.7 Å². The molecule has 0 heterocycles. The highest BCUT2D eigenvalue weighted by Crippen LogP contribution is 2.29. The number of hydrogen-bond acceptors (Lipinski definition) is 1. The average Bonchev–Trinajstić information content (AvgIpc) is 2.62. The fraction of sp³-hybridized carbons (Fsp3) is 0.350. The second-order valence-corrected chi connectivity index (χ2v) is 6.61. The summed E-state index contributed by atoms with van der Waals surface area (Å²) in [6.45, 7) is 2.12. The molecule has 132 valence electrons. The van der Waals surface area contributed by atoms with Gasteiger partial charge in [-0.05, 0) is 55.5 Å². The fourth-order valence-electron chi connectivity index (χ4n) is 3.37. The van der Waals surface area contributed by atoms with Crippen molar-refractivity contribution in [3.63, 3.8) is 0 Å². The first-order valence-corrected chi connectivity index (χ1v) is 8.70. The third kappa shape index (κ3) is 4.23. The molecule has 0 bridgehead atoms. The molecule has 2 aromatic carbocycles. The maximum Gasteiger partial charge on any atom is 0.275 e. The van der Waals surface area contributed by atoms with Crippen LogP contribution in [-0.2, 0) is 11.2 Å². The van der Waals surface area contributed by atoms with Gasteiger partial charge >= 0.3 is 0 Å². The molecule has 1 aliphatic rings. The van der Waals surface area contributed by atoms with Gasteiger partial charge in [0.25, 0.3) is 5.91 Å². The van der Waals surface area contributed by atoms with Crippen LogP contribution < -0.4 is 10.6 Å². The molecule has 2 atom stereocenters. The van der Waals surface area contributed by atoms with Gasteiger partial charge in [0, 0.05) is 5.56 Å². The van der Waals surface area contributed by atoms with Gasteiger partial charge in [0.2, 0.25) is 0 Å². The minimum Gasteiger partial charge on any atom is -0.344 e. The number of benzene rings is 2. The summed E-state index contributed by atoms with van der Waals surface area (Å²) in [7, 11) is 0. The van der Waals surface area contributed by atoms with Crippen LogP contribution in [0.5, 0.6) is 0 Å². The van der Waals surface area contributed by atoms with Crippen molar-refractivity contribution in [2.24, 2.45) is 0 Å². The highest BCUT2D eigenvalue weighted by atomic mass is 19.2. The third-order valence-corrected chi connectivity index (χ3v) is 4.83. The van der Waals surface area contributed by atoms with E-state index in [4.69, 9.17) is 0 Å². The Morgan fingerprint density at radius 1 is 1.24 bits per heavy atom. The van der Waals surface area contributed by atoms with Crippen LogP contribution in [0.3, 0.4) is 0 Å². The first kappa shape index (κ1) is 17.5. The van der Waals surface area contributed by atoms with Gasteiger partial charge in [0.15, 0.2) is 18.2 Å². The highest BCUT2D eigenvalue weighted by Gasteiger charge is 2.22. The van der Waals surface area contributed by atoms with Crippen LogP contribution in [0, 0.1) is 11.6 Å². The van der Waals surface area contributed by atoms with E-state index in [-0.39, 0.29) is 24.5 Å². The summed E-state index contributed by atoms with van der Waals surface area (Å²) < 4.78 is 26.3. The fourth-order valence-corrected chi connectivity index (χ4v) is 3.37. The van der Waals surface area contributed by atoms with E-state index in [0.717, 1.165) is 25.3 Å². The van der Waals surface area contributed by atoms with E-state index >= 15 is 0 Å². The number of fused-ring (bicyclic) bond motifs is 1. The number of hydrogen-bond donors (Lipinski definition) is 2. The summed E-state index contributed by atoms with van der Waals surface area (Å²) in [5.41, 5.74) is 3.17. The minimum atomic E-state index is -0.860. The Bertz CT molecular complexity index is 763. The maximum absolute atomic E-state index is 13.3. The van der Waals surface area contributed by atoms with Gasteiger partial charge < -0.3 is 10.6 Å². The molecule has 0 aliphatic heterocycles. The van der Waals surface area contributed by atoms with Crippen molar-refractivity contribution in [2.45, 2.75) is 38.3 Å². The zero-order chi connectivity index (χ0) is 17.8. The Labute approximate surface area is 146 Å². The monoisotopic (exact) mass is 345 g/mol. The van der Waals surface area contributed by atoms with Crippen molar-refractivity contribution in [1.29, 1.82) is 0 Å². The predicted octanol–water partition coefficient (Wildman–Crippen LogP) is 2.78. The molecule has 0 saturated carbocycles. The van der Waals surface area contributed by atoms with Gasteiger partial charge in [0.05, 0.1) is 6.04 Å². The highest BCUT2D eigenvalue weighted by molar-refractivity contribution is 5.77. The number of nitrogens with two attached hydrogens (primary N) is 1. The number of halogens is 2. The summed E-state index contributed by atoms with van der Waals surface area (Å²) in [6, 6.07) is 12.0. The van der Waals surface area contributed by atoms with Gasteiger partial charge in [-0.15, -0.1) is 0 Å². The van der Waals surface area contributed by atoms with E-state index in [1.54, 1.807) is 6.07 Å². The Morgan fingerprint density at radius 2 is 2.04 bits per heavy atom. The number of carbonyl (C=O) groups excluding carboxylic acids is 1. The normalized spacial score (nSPS) is 17.6. The van der Waals surface area contributed by atoms with Crippen LogP contribution in [0.4, 0.5) is 8.78 Å². The van der Waals surface area contributed by atoms with Gasteiger partial charge in [0.1, 0.15) is 6.04 Å². The van der Waals surface area contributed by atoms with E-state index in [9.17, 15) is 13.6 Å². The number of quaternary nitrogens is 1. The lowest BCUT2D eigenvalue weighted by atomic mass is 9.88. The standard InChI is InChI=1S/C20H22F2N2O/c1-13(15-9-10-17(21)18(22)11-15)23-12-20(25)24-19-8-4-6-14-5-2-3-7-16(14)19/h2-3,5,7,9-11,13,19,23H,4,6,8,12H2,1H3,(H,24,25)/p+1/t13-,19+/m1/s1. The molecule has 0 unspecified atom stereocenters. The summed E-state index contributed by atoms with van der Waals surface area (Å²) in [5, 5.41) is 4.93. The molecule has 25 heavy (non-hydrogen) atoms. The quantitative estimate of drug-likeness (QED) is 0.860. The van der Waals surface area contributed by atoms with Crippen molar-refractivity contribution >= 4 is 5.91 Å². The minimum absolute atomic E-state index is 0.0452. The van der Waals surface area contributed by atoms with Crippen LogP contribution in [0.15, 0.2) is 42.5 Å². The predicted molar refractivity (Wildman–Crippen MR) is 91.8 cm³/mol. The molecule has 3 N–H and O–H groups in total. The van der Waals surface area contributed by atoms with Crippen LogP contribution >= 0.6 is 0 Å². The van der Waals surface area contributed by atoms with E-state index in [0.29, 0.717) is 5.56 Å². The van der Waals surface area contributed by atoms with Crippen molar-refractivity contribution in [2.75, 3.05) is 6.54 Å². The lowest BCUT2D eigenvalue weighted by Crippen LogP contribution is -2.87. The van der Waals surface area contributed by atoms with Crippen LogP contribution in [-0.4, -0.2) is 12.5 Å². The summed E-state index contributed by atoms with van der Waals surface area (Å²) in [5.74, 6) is -1.76. The third-order valence-electron chi connectivity index (χ3n) is 4.83. The van der Waals surface area contributed by atoms with E-state index < -0.39 is 11.6 Å². The van der Waals surface area contributed by atoms with Gasteiger partial charge in [-0.3, -0.25) is 4.79 Å². The molecular formula is C20H23F2N2O+. The van der Waals surface area contributed by atoms with Crippen molar-refractivity contribution in [3.8, 4) is 0 Å². The number of nitrogens with one attached hydrogen (secondary N) is 1. The first-order valence-electron chi connectivity index (χ1n) is 8.70. The second-order valence-electron chi connectivity index (χ2n) is 6.61. The Balaban J connectivity index is 1.56. The van der Waals surface area contributed by atoms with E-state index in [1.165, 1.54) is 17.2 Å². The Morgan fingerprint density at radius 3 is 2.84 bits per heavy atom. The molecule has 1 aliphatic carbocycles.